The molecular weight excluding hydrogens is 200 g/mol. The van der Waals surface area contributed by atoms with Crippen molar-refractivity contribution in [1.82, 2.24) is 4.90 Å². The monoisotopic (exact) mass is 220 g/mol. The van der Waals surface area contributed by atoms with Gasteiger partial charge in [-0.3, -0.25) is 0 Å². The maximum absolute atomic E-state index is 5.70. The molecular formula is C13H20N2O. The molecule has 0 amide bonds. The Balaban J connectivity index is 1.49. The van der Waals surface area contributed by atoms with Crippen LogP contribution in [0.2, 0.25) is 0 Å². The van der Waals surface area contributed by atoms with E-state index in [1.54, 1.807) is 0 Å². The number of ether oxygens (including phenoxy) is 1. The molecule has 0 aromatic heterocycles. The lowest BCUT2D eigenvalue weighted by Gasteiger charge is -2.36. The quantitative estimate of drug-likeness (QED) is 0.733. The second kappa shape index (κ2) is 5.99. The molecule has 0 saturated carbocycles. The Hall–Kier alpha value is -0.900. The molecule has 1 saturated heterocycles. The SMILES string of the molecule is NC1CN(CCCOCc2ccccc2)C1. The van der Waals surface area contributed by atoms with Gasteiger partial charge in [-0.2, -0.15) is 0 Å². The van der Waals surface area contributed by atoms with Crippen molar-refractivity contribution in [2.45, 2.75) is 19.1 Å². The third-order valence-electron chi connectivity index (χ3n) is 2.86. The molecule has 1 heterocycles. The zero-order valence-electron chi connectivity index (χ0n) is 9.64. The summed E-state index contributed by atoms with van der Waals surface area (Å²) in [4.78, 5) is 2.37. The lowest BCUT2D eigenvalue weighted by Crippen LogP contribution is -2.55. The molecule has 0 bridgehead atoms. The minimum Gasteiger partial charge on any atom is -0.377 e. The van der Waals surface area contributed by atoms with Gasteiger partial charge in [0, 0.05) is 32.3 Å². The third-order valence-corrected chi connectivity index (χ3v) is 2.86. The average molecular weight is 220 g/mol. The summed E-state index contributed by atoms with van der Waals surface area (Å²) < 4.78 is 5.61. The molecule has 1 fully saturated rings. The van der Waals surface area contributed by atoms with E-state index < -0.39 is 0 Å². The van der Waals surface area contributed by atoms with Crippen LogP contribution in [0.25, 0.3) is 0 Å². The fraction of sp³-hybridized carbons (Fsp3) is 0.538. The highest BCUT2D eigenvalue weighted by molar-refractivity contribution is 5.13. The molecule has 3 nitrogen and oxygen atoms in total. The van der Waals surface area contributed by atoms with Crippen LogP contribution in [0.15, 0.2) is 30.3 Å². The third kappa shape index (κ3) is 3.59. The van der Waals surface area contributed by atoms with Gasteiger partial charge < -0.3 is 15.4 Å². The van der Waals surface area contributed by atoms with Crippen molar-refractivity contribution in [3.8, 4) is 0 Å². The number of nitrogens with two attached hydrogens (primary N) is 1. The van der Waals surface area contributed by atoms with Crippen molar-refractivity contribution in [1.29, 1.82) is 0 Å². The van der Waals surface area contributed by atoms with E-state index in [9.17, 15) is 0 Å². The molecule has 16 heavy (non-hydrogen) atoms. The lowest BCUT2D eigenvalue weighted by atomic mass is 10.1. The standard InChI is InChI=1S/C13H20N2O/c14-13-9-15(10-13)7-4-8-16-11-12-5-2-1-3-6-12/h1-3,5-6,13H,4,7-11,14H2. The molecule has 1 aromatic rings. The molecule has 2 rings (SSSR count). The van der Waals surface area contributed by atoms with E-state index in [2.05, 4.69) is 17.0 Å². The summed E-state index contributed by atoms with van der Waals surface area (Å²) in [7, 11) is 0. The summed E-state index contributed by atoms with van der Waals surface area (Å²) in [5.41, 5.74) is 6.95. The molecule has 0 spiro atoms. The Kier molecular flexibility index (Phi) is 4.34. The van der Waals surface area contributed by atoms with E-state index in [1.165, 1.54) is 5.56 Å². The van der Waals surface area contributed by atoms with Gasteiger partial charge in [-0.05, 0) is 12.0 Å². The minimum absolute atomic E-state index is 0.408. The van der Waals surface area contributed by atoms with Crippen molar-refractivity contribution >= 4 is 0 Å². The fourth-order valence-corrected chi connectivity index (χ4v) is 1.95. The van der Waals surface area contributed by atoms with Crippen LogP contribution in [0, 0.1) is 0 Å². The second-order valence-electron chi connectivity index (χ2n) is 4.41. The van der Waals surface area contributed by atoms with E-state index in [-0.39, 0.29) is 0 Å². The summed E-state index contributed by atoms with van der Waals surface area (Å²) >= 11 is 0. The van der Waals surface area contributed by atoms with E-state index in [0.717, 1.165) is 39.3 Å². The molecule has 0 radical (unpaired) electrons. The first-order valence-electron chi connectivity index (χ1n) is 5.94. The van der Waals surface area contributed by atoms with Crippen molar-refractivity contribution in [3.05, 3.63) is 35.9 Å². The number of nitrogens with zero attached hydrogens (tertiary/aromatic N) is 1. The Bertz CT molecular complexity index is 296. The number of likely N-dealkylation sites (tertiary alicyclic amines) is 1. The molecule has 0 aliphatic carbocycles. The predicted octanol–water partition coefficient (Wildman–Crippen LogP) is 1.24. The van der Waals surface area contributed by atoms with Gasteiger partial charge in [0.1, 0.15) is 0 Å². The van der Waals surface area contributed by atoms with Crippen LogP contribution in [-0.2, 0) is 11.3 Å². The van der Waals surface area contributed by atoms with Gasteiger partial charge in [-0.1, -0.05) is 30.3 Å². The summed E-state index contributed by atoms with van der Waals surface area (Å²) in [6, 6.07) is 10.7. The molecule has 1 aliphatic heterocycles. The van der Waals surface area contributed by atoms with Gasteiger partial charge in [0.15, 0.2) is 0 Å². The maximum Gasteiger partial charge on any atom is 0.0716 e. The van der Waals surface area contributed by atoms with Crippen molar-refractivity contribution in [2.75, 3.05) is 26.2 Å². The van der Waals surface area contributed by atoms with Gasteiger partial charge >= 0.3 is 0 Å². The van der Waals surface area contributed by atoms with Crippen LogP contribution in [0.3, 0.4) is 0 Å². The zero-order chi connectivity index (χ0) is 11.2. The summed E-state index contributed by atoms with van der Waals surface area (Å²) in [5.74, 6) is 0. The van der Waals surface area contributed by atoms with Crippen LogP contribution in [0.1, 0.15) is 12.0 Å². The van der Waals surface area contributed by atoms with E-state index in [4.69, 9.17) is 10.5 Å². The first-order chi connectivity index (χ1) is 7.84. The number of rotatable bonds is 6. The van der Waals surface area contributed by atoms with Crippen LogP contribution in [0.4, 0.5) is 0 Å². The van der Waals surface area contributed by atoms with E-state index in [1.807, 2.05) is 18.2 Å². The minimum atomic E-state index is 0.408. The molecule has 88 valence electrons. The number of hydrogen-bond donors (Lipinski definition) is 1. The van der Waals surface area contributed by atoms with Crippen LogP contribution >= 0.6 is 0 Å². The van der Waals surface area contributed by atoms with Gasteiger partial charge in [0.25, 0.3) is 0 Å². The smallest absolute Gasteiger partial charge is 0.0716 e. The highest BCUT2D eigenvalue weighted by Crippen LogP contribution is 2.06. The number of hydrogen-bond acceptors (Lipinski definition) is 3. The molecule has 0 unspecified atom stereocenters. The normalized spacial score (nSPS) is 17.3. The van der Waals surface area contributed by atoms with Crippen molar-refractivity contribution < 1.29 is 4.74 Å². The van der Waals surface area contributed by atoms with Crippen molar-refractivity contribution in [3.63, 3.8) is 0 Å². The first kappa shape index (κ1) is 11.6. The van der Waals surface area contributed by atoms with Gasteiger partial charge in [-0.15, -0.1) is 0 Å². The first-order valence-corrected chi connectivity index (χ1v) is 5.94. The van der Waals surface area contributed by atoms with Crippen molar-refractivity contribution in [2.24, 2.45) is 5.73 Å². The average Bonchev–Trinajstić information content (AvgIpc) is 2.27. The highest BCUT2D eigenvalue weighted by Gasteiger charge is 2.21. The molecule has 2 N–H and O–H groups in total. The molecule has 0 atom stereocenters. The van der Waals surface area contributed by atoms with E-state index in [0.29, 0.717) is 6.04 Å². The van der Waals surface area contributed by atoms with Gasteiger partial charge in [0.05, 0.1) is 6.61 Å². The van der Waals surface area contributed by atoms with Crippen LogP contribution in [0.5, 0.6) is 0 Å². The maximum atomic E-state index is 5.70. The van der Waals surface area contributed by atoms with E-state index >= 15 is 0 Å². The Morgan fingerprint density at radius 1 is 1.25 bits per heavy atom. The zero-order valence-corrected chi connectivity index (χ0v) is 9.64. The predicted molar refractivity (Wildman–Crippen MR) is 65.1 cm³/mol. The second-order valence-corrected chi connectivity index (χ2v) is 4.41. The Morgan fingerprint density at radius 2 is 2.00 bits per heavy atom. The van der Waals surface area contributed by atoms with Crippen LogP contribution < -0.4 is 5.73 Å². The number of benzene rings is 1. The Morgan fingerprint density at radius 3 is 2.69 bits per heavy atom. The Labute approximate surface area is 97.2 Å². The largest absolute Gasteiger partial charge is 0.377 e. The molecule has 3 heteroatoms. The highest BCUT2D eigenvalue weighted by atomic mass is 16.5. The van der Waals surface area contributed by atoms with Gasteiger partial charge in [0.2, 0.25) is 0 Å². The summed E-state index contributed by atoms with van der Waals surface area (Å²) in [5, 5.41) is 0. The molecule has 1 aromatic carbocycles. The summed E-state index contributed by atoms with van der Waals surface area (Å²) in [6.45, 7) is 4.78. The summed E-state index contributed by atoms with van der Waals surface area (Å²) in [6.07, 6.45) is 1.10. The van der Waals surface area contributed by atoms with Crippen LogP contribution in [-0.4, -0.2) is 37.2 Å². The fourth-order valence-electron chi connectivity index (χ4n) is 1.95. The van der Waals surface area contributed by atoms with Gasteiger partial charge in [-0.25, -0.2) is 0 Å². The topological polar surface area (TPSA) is 38.5 Å². The molecule has 1 aliphatic rings. The lowest BCUT2D eigenvalue weighted by molar-refractivity contribution is 0.0906.